The van der Waals surface area contributed by atoms with Crippen LogP contribution in [0.1, 0.15) is 5.56 Å². The first-order chi connectivity index (χ1) is 12.2. The highest BCUT2D eigenvalue weighted by molar-refractivity contribution is 5.51. The number of anilines is 1. The zero-order valence-electron chi connectivity index (χ0n) is 13.4. The molecule has 0 spiro atoms. The lowest BCUT2D eigenvalue weighted by Crippen LogP contribution is -1.98. The van der Waals surface area contributed by atoms with Crippen LogP contribution in [-0.4, -0.2) is 4.92 Å². The van der Waals surface area contributed by atoms with Crippen molar-refractivity contribution >= 4 is 22.7 Å². The van der Waals surface area contributed by atoms with Gasteiger partial charge < -0.3 is 5.32 Å². The highest BCUT2D eigenvalue weighted by Crippen LogP contribution is 2.22. The standard InChI is InChI=1S/C19H16N4O2/c24-23(25)19-12-10-18(11-13-19)22-21-17-8-6-16(7-9-17)20-14-15-4-2-1-3-5-15/h1-13,20H,14H2. The number of rotatable bonds is 6. The highest BCUT2D eigenvalue weighted by atomic mass is 16.6. The van der Waals surface area contributed by atoms with Gasteiger partial charge in [0.2, 0.25) is 0 Å². The van der Waals surface area contributed by atoms with Crippen molar-refractivity contribution < 1.29 is 4.92 Å². The van der Waals surface area contributed by atoms with Gasteiger partial charge in [0, 0.05) is 24.4 Å². The predicted molar refractivity (Wildman–Crippen MR) is 97.5 cm³/mol. The lowest BCUT2D eigenvalue weighted by Gasteiger charge is -2.06. The summed E-state index contributed by atoms with van der Waals surface area (Å²) in [5, 5.41) is 22.2. The van der Waals surface area contributed by atoms with Crippen LogP contribution in [0.2, 0.25) is 0 Å². The lowest BCUT2D eigenvalue weighted by atomic mass is 10.2. The summed E-state index contributed by atoms with van der Waals surface area (Å²) in [4.78, 5) is 10.2. The Bertz CT molecular complexity index is 860. The molecule has 0 aliphatic rings. The van der Waals surface area contributed by atoms with Crippen molar-refractivity contribution in [3.05, 3.63) is 94.5 Å². The predicted octanol–water partition coefficient (Wildman–Crippen LogP) is 5.62. The number of azo groups is 1. The van der Waals surface area contributed by atoms with Crippen LogP contribution in [0.4, 0.5) is 22.7 Å². The molecule has 3 aromatic carbocycles. The van der Waals surface area contributed by atoms with E-state index in [0.717, 1.165) is 12.2 Å². The number of benzene rings is 3. The van der Waals surface area contributed by atoms with Gasteiger partial charge in [0.15, 0.2) is 0 Å². The largest absolute Gasteiger partial charge is 0.381 e. The van der Waals surface area contributed by atoms with Crippen molar-refractivity contribution in [2.24, 2.45) is 10.2 Å². The molecule has 0 unspecified atom stereocenters. The van der Waals surface area contributed by atoms with E-state index in [1.165, 1.54) is 17.7 Å². The molecule has 0 aliphatic heterocycles. The van der Waals surface area contributed by atoms with Gasteiger partial charge in [-0.15, -0.1) is 0 Å². The molecule has 0 amide bonds. The summed E-state index contributed by atoms with van der Waals surface area (Å²) in [5.74, 6) is 0. The molecule has 0 aliphatic carbocycles. The Balaban J connectivity index is 1.59. The average molecular weight is 332 g/mol. The van der Waals surface area contributed by atoms with Gasteiger partial charge in [0.05, 0.1) is 16.3 Å². The molecule has 3 aromatic rings. The molecule has 0 bridgehead atoms. The van der Waals surface area contributed by atoms with Gasteiger partial charge in [-0.1, -0.05) is 30.3 Å². The zero-order chi connectivity index (χ0) is 17.5. The van der Waals surface area contributed by atoms with E-state index in [4.69, 9.17) is 0 Å². The van der Waals surface area contributed by atoms with E-state index in [-0.39, 0.29) is 5.69 Å². The Labute approximate surface area is 145 Å². The van der Waals surface area contributed by atoms with Crippen LogP contribution in [0.25, 0.3) is 0 Å². The minimum atomic E-state index is -0.442. The molecule has 0 aromatic heterocycles. The highest BCUT2D eigenvalue weighted by Gasteiger charge is 2.03. The Hall–Kier alpha value is -3.54. The molecular weight excluding hydrogens is 316 g/mol. The molecule has 25 heavy (non-hydrogen) atoms. The van der Waals surface area contributed by atoms with Crippen LogP contribution in [0, 0.1) is 10.1 Å². The minimum Gasteiger partial charge on any atom is -0.381 e. The van der Waals surface area contributed by atoms with E-state index in [2.05, 4.69) is 27.7 Å². The number of nitrogens with zero attached hydrogens (tertiary/aromatic N) is 3. The average Bonchev–Trinajstić information content (AvgIpc) is 2.67. The van der Waals surface area contributed by atoms with Gasteiger partial charge in [-0.25, -0.2) is 0 Å². The summed E-state index contributed by atoms with van der Waals surface area (Å²) >= 11 is 0. The van der Waals surface area contributed by atoms with Crippen molar-refractivity contribution in [1.82, 2.24) is 0 Å². The van der Waals surface area contributed by atoms with Crippen molar-refractivity contribution in [3.63, 3.8) is 0 Å². The molecule has 6 heteroatoms. The normalized spacial score (nSPS) is 10.7. The molecule has 0 radical (unpaired) electrons. The quantitative estimate of drug-likeness (QED) is 0.361. The molecule has 0 heterocycles. The third-order valence-corrected chi connectivity index (χ3v) is 3.55. The summed E-state index contributed by atoms with van der Waals surface area (Å²) in [5.41, 5.74) is 3.52. The summed E-state index contributed by atoms with van der Waals surface area (Å²) < 4.78 is 0. The molecule has 124 valence electrons. The summed E-state index contributed by atoms with van der Waals surface area (Å²) in [6, 6.07) is 23.7. The molecule has 0 saturated carbocycles. The van der Waals surface area contributed by atoms with Gasteiger partial charge in [-0.2, -0.15) is 10.2 Å². The fourth-order valence-corrected chi connectivity index (χ4v) is 2.20. The molecule has 6 nitrogen and oxygen atoms in total. The van der Waals surface area contributed by atoms with Crippen molar-refractivity contribution in [2.45, 2.75) is 6.54 Å². The van der Waals surface area contributed by atoms with Gasteiger partial charge in [-0.05, 0) is 42.0 Å². The fraction of sp³-hybridized carbons (Fsp3) is 0.0526. The SMILES string of the molecule is O=[N+]([O-])c1ccc(N=Nc2ccc(NCc3ccccc3)cc2)cc1. The van der Waals surface area contributed by atoms with E-state index in [1.54, 1.807) is 12.1 Å². The zero-order valence-corrected chi connectivity index (χ0v) is 13.4. The van der Waals surface area contributed by atoms with Crippen molar-refractivity contribution in [3.8, 4) is 0 Å². The maximum absolute atomic E-state index is 10.6. The van der Waals surface area contributed by atoms with Crippen LogP contribution in [-0.2, 0) is 6.54 Å². The Morgan fingerprint density at radius 1 is 0.800 bits per heavy atom. The minimum absolute atomic E-state index is 0.0350. The van der Waals surface area contributed by atoms with Gasteiger partial charge >= 0.3 is 0 Å². The first-order valence-electron chi connectivity index (χ1n) is 7.75. The van der Waals surface area contributed by atoms with Crippen LogP contribution >= 0.6 is 0 Å². The number of nitrogens with one attached hydrogen (secondary N) is 1. The summed E-state index contributed by atoms with van der Waals surface area (Å²) in [6.45, 7) is 0.754. The van der Waals surface area contributed by atoms with Crippen LogP contribution < -0.4 is 5.32 Å². The number of nitro groups is 1. The third-order valence-electron chi connectivity index (χ3n) is 3.55. The number of non-ortho nitro benzene ring substituents is 1. The Morgan fingerprint density at radius 2 is 1.36 bits per heavy atom. The first kappa shape index (κ1) is 16.3. The Morgan fingerprint density at radius 3 is 1.92 bits per heavy atom. The number of hydrogen-bond acceptors (Lipinski definition) is 5. The van der Waals surface area contributed by atoms with Crippen molar-refractivity contribution in [1.29, 1.82) is 0 Å². The van der Waals surface area contributed by atoms with Gasteiger partial charge in [0.25, 0.3) is 5.69 Å². The molecule has 0 saturated heterocycles. The third kappa shape index (κ3) is 4.71. The maximum Gasteiger partial charge on any atom is 0.269 e. The van der Waals surface area contributed by atoms with Crippen LogP contribution in [0.3, 0.4) is 0 Å². The molecule has 1 N–H and O–H groups in total. The summed E-state index contributed by atoms with van der Waals surface area (Å²) in [6.07, 6.45) is 0. The van der Waals surface area contributed by atoms with Gasteiger partial charge in [0.1, 0.15) is 0 Å². The second kappa shape index (κ2) is 7.83. The fourth-order valence-electron chi connectivity index (χ4n) is 2.20. The van der Waals surface area contributed by atoms with E-state index >= 15 is 0 Å². The molecular formula is C19H16N4O2. The Kier molecular flexibility index (Phi) is 5.11. The van der Waals surface area contributed by atoms with Crippen molar-refractivity contribution in [2.75, 3.05) is 5.32 Å². The van der Waals surface area contributed by atoms with Crippen LogP contribution in [0.15, 0.2) is 89.1 Å². The summed E-state index contributed by atoms with van der Waals surface area (Å²) in [7, 11) is 0. The monoisotopic (exact) mass is 332 g/mol. The first-order valence-corrected chi connectivity index (χ1v) is 7.75. The second-order valence-corrected chi connectivity index (χ2v) is 5.36. The van der Waals surface area contributed by atoms with Gasteiger partial charge in [-0.3, -0.25) is 10.1 Å². The molecule has 0 atom stereocenters. The lowest BCUT2D eigenvalue weighted by molar-refractivity contribution is -0.384. The van der Waals surface area contributed by atoms with E-state index < -0.39 is 4.92 Å². The van der Waals surface area contributed by atoms with E-state index in [0.29, 0.717) is 11.4 Å². The topological polar surface area (TPSA) is 79.9 Å². The molecule has 0 fully saturated rings. The number of hydrogen-bond donors (Lipinski definition) is 1. The van der Waals surface area contributed by atoms with Crippen LogP contribution in [0.5, 0.6) is 0 Å². The van der Waals surface area contributed by atoms with E-state index in [1.807, 2.05) is 42.5 Å². The second-order valence-electron chi connectivity index (χ2n) is 5.36. The maximum atomic E-state index is 10.6. The molecule has 3 rings (SSSR count). The van der Waals surface area contributed by atoms with E-state index in [9.17, 15) is 10.1 Å². The smallest absolute Gasteiger partial charge is 0.269 e. The number of nitro benzene ring substituents is 1.